The van der Waals surface area contributed by atoms with Crippen molar-refractivity contribution < 1.29 is 18.0 Å². The van der Waals surface area contributed by atoms with E-state index in [1.54, 1.807) is 13.0 Å². The zero-order chi connectivity index (χ0) is 15.1. The molecule has 1 aromatic carbocycles. The maximum atomic E-state index is 13.0. The highest BCUT2D eigenvalue weighted by Crippen LogP contribution is 2.36. The van der Waals surface area contributed by atoms with Gasteiger partial charge in [0, 0.05) is 20.5 Å². The van der Waals surface area contributed by atoms with Gasteiger partial charge >= 0.3 is 6.18 Å². The van der Waals surface area contributed by atoms with Gasteiger partial charge in [0.1, 0.15) is 0 Å². The fourth-order valence-corrected chi connectivity index (χ4v) is 3.81. The van der Waals surface area contributed by atoms with E-state index in [4.69, 9.17) is 0 Å². The van der Waals surface area contributed by atoms with Crippen molar-refractivity contribution in [2.45, 2.75) is 13.1 Å². The number of hydrogen-bond donors (Lipinski definition) is 0. The summed E-state index contributed by atoms with van der Waals surface area (Å²) in [6, 6.07) is 5.09. The van der Waals surface area contributed by atoms with Gasteiger partial charge in [0.25, 0.3) is 0 Å². The Balaban J connectivity index is 2.58. The molecule has 0 aliphatic carbocycles. The van der Waals surface area contributed by atoms with Gasteiger partial charge in [-0.3, -0.25) is 4.79 Å². The Morgan fingerprint density at radius 2 is 1.80 bits per heavy atom. The molecule has 106 valence electrons. The molecule has 1 nitrogen and oxygen atoms in total. The summed E-state index contributed by atoms with van der Waals surface area (Å²) in [5, 5.41) is 0. The molecule has 0 fully saturated rings. The van der Waals surface area contributed by atoms with E-state index in [9.17, 15) is 18.0 Å². The van der Waals surface area contributed by atoms with Gasteiger partial charge in [0.2, 0.25) is 0 Å². The van der Waals surface area contributed by atoms with Gasteiger partial charge < -0.3 is 0 Å². The summed E-state index contributed by atoms with van der Waals surface area (Å²) in [4.78, 5) is 13.0. The number of halogens is 5. The second kappa shape index (κ2) is 5.61. The molecule has 0 N–H and O–H groups in total. The summed E-state index contributed by atoms with van der Waals surface area (Å²) in [6.07, 6.45) is -4.57. The fourth-order valence-electron chi connectivity index (χ4n) is 1.77. The van der Waals surface area contributed by atoms with Gasteiger partial charge in [-0.25, -0.2) is 0 Å². The summed E-state index contributed by atoms with van der Waals surface area (Å²) in [7, 11) is 0. The van der Waals surface area contributed by atoms with E-state index in [0.29, 0.717) is 8.66 Å². The molecule has 0 amide bonds. The Morgan fingerprint density at radius 3 is 2.30 bits per heavy atom. The van der Waals surface area contributed by atoms with E-state index >= 15 is 0 Å². The number of aryl methyl sites for hydroxylation is 1. The van der Waals surface area contributed by atoms with Crippen molar-refractivity contribution in [3.05, 3.63) is 54.1 Å². The monoisotopic (exact) mass is 426 g/mol. The average Bonchev–Trinajstić information content (AvgIpc) is 2.66. The predicted octanol–water partition coefficient (Wildman–Crippen LogP) is 5.83. The number of carbonyl (C=O) groups is 1. The highest BCUT2D eigenvalue weighted by Gasteiger charge is 2.36. The molecule has 0 bridgehead atoms. The van der Waals surface area contributed by atoms with Gasteiger partial charge in [0.05, 0.1) is 9.35 Å². The summed E-state index contributed by atoms with van der Waals surface area (Å²) < 4.78 is 40.1. The lowest BCUT2D eigenvalue weighted by atomic mass is 9.98. The molecule has 0 radical (unpaired) electrons. The van der Waals surface area contributed by atoms with Gasteiger partial charge in [0.15, 0.2) is 5.78 Å². The van der Waals surface area contributed by atoms with Crippen LogP contribution in [0, 0.1) is 6.92 Å². The third-order valence-electron chi connectivity index (χ3n) is 2.66. The highest BCUT2D eigenvalue weighted by molar-refractivity contribution is 9.11. The van der Waals surface area contributed by atoms with E-state index in [0.717, 1.165) is 6.07 Å². The van der Waals surface area contributed by atoms with Crippen LogP contribution in [0.15, 0.2) is 32.5 Å². The van der Waals surface area contributed by atoms with Gasteiger partial charge in [-0.1, -0.05) is 15.9 Å². The summed E-state index contributed by atoms with van der Waals surface area (Å²) >= 11 is 7.54. The summed E-state index contributed by atoms with van der Waals surface area (Å²) in [5.41, 5.74) is -0.984. The molecular weight excluding hydrogens is 421 g/mol. The minimum Gasteiger partial charge on any atom is -0.289 e. The second-order valence-corrected chi connectivity index (χ2v) is 7.59. The lowest BCUT2D eigenvalue weighted by Gasteiger charge is -2.12. The summed E-state index contributed by atoms with van der Waals surface area (Å²) in [5.74, 6) is -0.621. The maximum Gasteiger partial charge on any atom is 0.417 e. The smallest absolute Gasteiger partial charge is 0.289 e. The van der Waals surface area contributed by atoms with E-state index < -0.39 is 17.5 Å². The van der Waals surface area contributed by atoms with Crippen molar-refractivity contribution in [1.29, 1.82) is 0 Å². The molecule has 0 aliphatic heterocycles. The maximum absolute atomic E-state index is 13.0. The molecular formula is C13H7Br2F3OS. The van der Waals surface area contributed by atoms with Crippen molar-refractivity contribution in [3.63, 3.8) is 0 Å². The first kappa shape index (κ1) is 15.7. The van der Waals surface area contributed by atoms with E-state index in [1.165, 1.54) is 23.5 Å². The largest absolute Gasteiger partial charge is 0.417 e. The van der Waals surface area contributed by atoms with Crippen molar-refractivity contribution in [2.24, 2.45) is 0 Å². The molecule has 0 spiro atoms. The van der Waals surface area contributed by atoms with Crippen molar-refractivity contribution in [1.82, 2.24) is 0 Å². The molecule has 0 saturated carbocycles. The first-order valence-corrected chi connectivity index (χ1v) is 7.78. The zero-order valence-corrected chi connectivity index (χ0v) is 14.0. The molecule has 2 aromatic rings. The van der Waals surface area contributed by atoms with Crippen LogP contribution in [0.4, 0.5) is 13.2 Å². The lowest BCUT2D eigenvalue weighted by Crippen LogP contribution is -2.14. The molecule has 0 saturated heterocycles. The Morgan fingerprint density at radius 1 is 1.15 bits per heavy atom. The van der Waals surface area contributed by atoms with Gasteiger partial charge in [-0.05, 0) is 47.1 Å². The van der Waals surface area contributed by atoms with E-state index in [-0.39, 0.29) is 15.6 Å². The quantitative estimate of drug-likeness (QED) is 0.551. The molecule has 1 heterocycles. The minimum atomic E-state index is -4.57. The highest BCUT2D eigenvalue weighted by atomic mass is 79.9. The van der Waals surface area contributed by atoms with E-state index in [2.05, 4.69) is 31.9 Å². The van der Waals surface area contributed by atoms with E-state index in [1.807, 2.05) is 0 Å². The second-order valence-electron chi connectivity index (χ2n) is 4.04. The first-order valence-electron chi connectivity index (χ1n) is 5.37. The first-order chi connectivity index (χ1) is 9.20. The molecule has 20 heavy (non-hydrogen) atoms. The van der Waals surface area contributed by atoms with Crippen LogP contribution in [0.5, 0.6) is 0 Å². The van der Waals surface area contributed by atoms with Gasteiger partial charge in [-0.15, -0.1) is 11.3 Å². The number of alkyl halides is 3. The molecule has 0 aliphatic rings. The molecule has 2 rings (SSSR count). The molecule has 0 unspecified atom stereocenters. The third kappa shape index (κ3) is 3.15. The van der Waals surface area contributed by atoms with Crippen molar-refractivity contribution in [2.75, 3.05) is 0 Å². The number of carbonyl (C=O) groups excluding carboxylic acids is 1. The van der Waals surface area contributed by atoms with Crippen LogP contribution >= 0.6 is 43.2 Å². The number of thiophene rings is 1. The van der Waals surface area contributed by atoms with Crippen LogP contribution in [-0.2, 0) is 6.18 Å². The zero-order valence-electron chi connectivity index (χ0n) is 10.0. The molecule has 7 heteroatoms. The Labute approximate surface area is 134 Å². The minimum absolute atomic E-state index is 0.282. The Bertz CT molecular complexity index is 677. The van der Waals surface area contributed by atoms with Crippen LogP contribution < -0.4 is 0 Å². The number of hydrogen-bond acceptors (Lipinski definition) is 2. The molecule has 1 aromatic heterocycles. The number of rotatable bonds is 2. The Kier molecular flexibility index (Phi) is 4.41. The SMILES string of the molecule is Cc1sc(Br)cc1C(=O)c1ccc(Br)cc1C(F)(F)F. The molecule has 0 atom stereocenters. The topological polar surface area (TPSA) is 17.1 Å². The van der Waals surface area contributed by atoms with Crippen LogP contribution in [0.25, 0.3) is 0 Å². The third-order valence-corrected chi connectivity index (χ3v) is 4.71. The standard InChI is InChI=1S/C13H7Br2F3OS/c1-6-9(5-11(15)20-6)12(19)8-3-2-7(14)4-10(8)13(16,17)18/h2-5H,1H3. The lowest BCUT2D eigenvalue weighted by molar-refractivity contribution is -0.137. The normalized spacial score (nSPS) is 11.7. The number of ketones is 1. The van der Waals surface area contributed by atoms with Crippen molar-refractivity contribution in [3.8, 4) is 0 Å². The van der Waals surface area contributed by atoms with Gasteiger partial charge in [-0.2, -0.15) is 13.2 Å². The summed E-state index contributed by atoms with van der Waals surface area (Å²) in [6.45, 7) is 1.70. The van der Waals surface area contributed by atoms with Crippen molar-refractivity contribution >= 4 is 49.0 Å². The van der Waals surface area contributed by atoms with Crippen LogP contribution in [0.2, 0.25) is 0 Å². The number of benzene rings is 1. The Hall–Kier alpha value is -0.660. The predicted molar refractivity (Wildman–Crippen MR) is 79.3 cm³/mol. The fraction of sp³-hybridized carbons (Fsp3) is 0.154. The van der Waals surface area contributed by atoms with Crippen LogP contribution in [0.1, 0.15) is 26.4 Å². The van der Waals surface area contributed by atoms with Crippen LogP contribution in [-0.4, -0.2) is 5.78 Å². The average molecular weight is 428 g/mol. The van der Waals surface area contributed by atoms with Crippen LogP contribution in [0.3, 0.4) is 0 Å².